The van der Waals surface area contributed by atoms with Crippen molar-refractivity contribution in [2.45, 2.75) is 30.9 Å². The topological polar surface area (TPSA) is 96.4 Å². The quantitative estimate of drug-likeness (QED) is 0.590. The smallest absolute Gasteiger partial charge is 0.256 e. The fourth-order valence-electron chi connectivity index (χ4n) is 3.92. The Balaban J connectivity index is 2.01. The van der Waals surface area contributed by atoms with Gasteiger partial charge in [-0.3, -0.25) is 4.79 Å². The molecule has 194 valence electrons. The van der Waals surface area contributed by atoms with Crippen LogP contribution in [0.15, 0.2) is 47.4 Å². The second-order valence-electron chi connectivity index (χ2n) is 8.80. The molecule has 0 aromatic heterocycles. The number of carbonyl (C=O) groups excluding carboxylic acids is 1. The van der Waals surface area contributed by atoms with E-state index in [-0.39, 0.29) is 48.4 Å². The highest BCUT2D eigenvalue weighted by Gasteiger charge is 2.38. The summed E-state index contributed by atoms with van der Waals surface area (Å²) in [6.07, 6.45) is -0.629. The van der Waals surface area contributed by atoms with Gasteiger partial charge in [0, 0.05) is 38.2 Å². The predicted molar refractivity (Wildman–Crippen MR) is 133 cm³/mol. The summed E-state index contributed by atoms with van der Waals surface area (Å²) in [5, 5.41) is 9.76. The van der Waals surface area contributed by atoms with E-state index in [0.29, 0.717) is 5.56 Å². The first-order valence-electron chi connectivity index (χ1n) is 11.5. The summed E-state index contributed by atoms with van der Waals surface area (Å²) in [4.78, 5) is 14.2. The Morgan fingerprint density at radius 3 is 2.72 bits per heavy atom. The van der Waals surface area contributed by atoms with E-state index >= 15 is 0 Å². The molecule has 0 radical (unpaired) electrons. The number of amides is 1. The van der Waals surface area contributed by atoms with E-state index in [2.05, 4.69) is 11.8 Å². The van der Waals surface area contributed by atoms with E-state index < -0.39 is 33.9 Å². The van der Waals surface area contributed by atoms with Crippen LogP contribution >= 0.6 is 0 Å². The van der Waals surface area contributed by atoms with Crippen LogP contribution in [0.25, 0.3) is 0 Å². The first-order valence-corrected chi connectivity index (χ1v) is 12.9. The van der Waals surface area contributed by atoms with Crippen LogP contribution in [0.1, 0.15) is 29.8 Å². The minimum Gasteiger partial charge on any atom is -0.487 e. The summed E-state index contributed by atoms with van der Waals surface area (Å²) in [5.41, 5.74) is 0.471. The molecule has 1 aliphatic heterocycles. The summed E-state index contributed by atoms with van der Waals surface area (Å²) in [5.74, 6) is 4.31. The molecule has 1 amide bonds. The maximum absolute atomic E-state index is 14.2. The van der Waals surface area contributed by atoms with Crippen molar-refractivity contribution in [3.05, 3.63) is 59.4 Å². The third kappa shape index (κ3) is 6.05. The number of benzene rings is 2. The zero-order valence-electron chi connectivity index (χ0n) is 20.8. The van der Waals surface area contributed by atoms with E-state index in [4.69, 9.17) is 9.47 Å². The van der Waals surface area contributed by atoms with Gasteiger partial charge in [0.25, 0.3) is 5.91 Å². The van der Waals surface area contributed by atoms with Gasteiger partial charge < -0.3 is 19.5 Å². The van der Waals surface area contributed by atoms with Crippen LogP contribution in [-0.2, 0) is 14.8 Å². The highest BCUT2D eigenvalue weighted by molar-refractivity contribution is 7.89. The second-order valence-corrected chi connectivity index (χ2v) is 10.7. The van der Waals surface area contributed by atoms with Gasteiger partial charge in [-0.15, -0.1) is 0 Å². The lowest BCUT2D eigenvalue weighted by Gasteiger charge is -2.37. The molecule has 0 unspecified atom stereocenters. The van der Waals surface area contributed by atoms with Crippen molar-refractivity contribution in [3.63, 3.8) is 0 Å². The molecule has 1 N–H and O–H groups in total. The Hall–Kier alpha value is -2.97. The van der Waals surface area contributed by atoms with Crippen molar-refractivity contribution in [3.8, 4) is 17.6 Å². The van der Waals surface area contributed by atoms with E-state index in [0.717, 1.165) is 0 Å². The molecule has 2 aromatic carbocycles. The first kappa shape index (κ1) is 27.6. The van der Waals surface area contributed by atoms with Gasteiger partial charge in [0.2, 0.25) is 10.0 Å². The molecular formula is C26H31FN2O6S. The summed E-state index contributed by atoms with van der Waals surface area (Å²) in [7, 11) is -0.936. The van der Waals surface area contributed by atoms with Gasteiger partial charge in [0.1, 0.15) is 29.2 Å². The first-order chi connectivity index (χ1) is 17.1. The fraction of sp³-hybridized carbons (Fsp3) is 0.423. The van der Waals surface area contributed by atoms with Crippen molar-refractivity contribution in [2.75, 3.05) is 40.5 Å². The molecule has 3 rings (SSSR count). The van der Waals surface area contributed by atoms with Crippen molar-refractivity contribution < 1.29 is 32.2 Å². The number of aliphatic hydroxyl groups is 1. The van der Waals surface area contributed by atoms with Crippen LogP contribution in [0.4, 0.5) is 4.39 Å². The number of likely N-dealkylation sites (N-methyl/N-ethyl adjacent to an activating group) is 1. The average Bonchev–Trinajstić information content (AvgIpc) is 2.85. The predicted octanol–water partition coefficient (Wildman–Crippen LogP) is 2.36. The molecule has 1 aliphatic rings. The standard InChI is InChI=1S/C26H31FN2O6S/c1-18-15-29(19(2)17-30)36(32,33)25-12-11-20(8-7-13-34-4)14-23(25)35-24(18)16-28(3)26(31)21-9-5-6-10-22(21)27/h5-6,9-12,14,18-19,24,30H,13,15-17H2,1-4H3/t18-,19-,24-/m1/s1. The third-order valence-electron chi connectivity index (χ3n) is 6.02. The van der Waals surface area contributed by atoms with Crippen LogP contribution in [0.5, 0.6) is 5.75 Å². The lowest BCUT2D eigenvalue weighted by Crippen LogP contribution is -2.50. The van der Waals surface area contributed by atoms with Gasteiger partial charge >= 0.3 is 0 Å². The molecule has 0 bridgehead atoms. The number of methoxy groups -OCH3 is 1. The van der Waals surface area contributed by atoms with E-state index in [1.165, 1.54) is 40.6 Å². The van der Waals surface area contributed by atoms with Crippen LogP contribution in [0, 0.1) is 23.6 Å². The Kier molecular flexibility index (Phi) is 9.08. The summed E-state index contributed by atoms with van der Waals surface area (Å²) in [6.45, 7) is 3.42. The maximum atomic E-state index is 14.2. The van der Waals surface area contributed by atoms with Crippen LogP contribution in [0.3, 0.4) is 0 Å². The van der Waals surface area contributed by atoms with Crippen molar-refractivity contribution in [2.24, 2.45) is 5.92 Å². The lowest BCUT2D eigenvalue weighted by molar-refractivity contribution is 0.0560. The Bertz CT molecular complexity index is 1260. The van der Waals surface area contributed by atoms with Gasteiger partial charge in [0.05, 0.1) is 18.7 Å². The van der Waals surface area contributed by atoms with Crippen molar-refractivity contribution in [1.82, 2.24) is 9.21 Å². The van der Waals surface area contributed by atoms with Crippen molar-refractivity contribution >= 4 is 15.9 Å². The molecule has 0 fully saturated rings. The number of sulfonamides is 1. The number of carbonyl (C=O) groups is 1. The van der Waals surface area contributed by atoms with Gasteiger partial charge in [0.15, 0.2) is 0 Å². The highest BCUT2D eigenvalue weighted by Crippen LogP contribution is 2.34. The van der Waals surface area contributed by atoms with Gasteiger partial charge in [-0.25, -0.2) is 12.8 Å². The van der Waals surface area contributed by atoms with Gasteiger partial charge in [-0.1, -0.05) is 30.9 Å². The van der Waals surface area contributed by atoms with E-state index in [1.54, 1.807) is 32.2 Å². The summed E-state index contributed by atoms with van der Waals surface area (Å²) in [6, 6.07) is 9.60. The second kappa shape index (κ2) is 11.8. The van der Waals surface area contributed by atoms with Crippen LogP contribution < -0.4 is 4.74 Å². The third-order valence-corrected chi connectivity index (χ3v) is 8.04. The molecule has 3 atom stereocenters. The van der Waals surface area contributed by atoms with Gasteiger partial charge in [-0.2, -0.15) is 4.31 Å². The zero-order chi connectivity index (χ0) is 26.5. The summed E-state index contributed by atoms with van der Waals surface area (Å²) < 4.78 is 53.7. The zero-order valence-corrected chi connectivity index (χ0v) is 21.6. The lowest BCUT2D eigenvalue weighted by atomic mass is 10.0. The molecule has 0 spiro atoms. The molecule has 0 aliphatic carbocycles. The van der Waals surface area contributed by atoms with E-state index in [1.807, 2.05) is 6.92 Å². The molecule has 0 saturated heterocycles. The monoisotopic (exact) mass is 518 g/mol. The number of hydrogen-bond acceptors (Lipinski definition) is 6. The molecular weight excluding hydrogens is 487 g/mol. The minimum atomic E-state index is -4.00. The van der Waals surface area contributed by atoms with Crippen molar-refractivity contribution in [1.29, 1.82) is 0 Å². The number of hydrogen-bond donors (Lipinski definition) is 1. The number of aliphatic hydroxyl groups excluding tert-OH is 1. The Morgan fingerprint density at radius 1 is 1.33 bits per heavy atom. The number of halogens is 1. The Labute approximate surface area is 211 Å². The molecule has 1 heterocycles. The largest absolute Gasteiger partial charge is 0.487 e. The molecule has 0 saturated carbocycles. The number of fused-ring (bicyclic) bond motifs is 1. The normalized spacial score (nSPS) is 20.1. The molecule has 8 nitrogen and oxygen atoms in total. The van der Waals surface area contributed by atoms with Crippen LogP contribution in [0.2, 0.25) is 0 Å². The fourth-order valence-corrected chi connectivity index (χ4v) is 5.75. The molecule has 36 heavy (non-hydrogen) atoms. The maximum Gasteiger partial charge on any atom is 0.256 e. The average molecular weight is 519 g/mol. The molecule has 10 heteroatoms. The Morgan fingerprint density at radius 2 is 2.06 bits per heavy atom. The van der Waals surface area contributed by atoms with Crippen LogP contribution in [-0.4, -0.2) is 81.2 Å². The van der Waals surface area contributed by atoms with Gasteiger partial charge in [-0.05, 0) is 37.3 Å². The summed E-state index contributed by atoms with van der Waals surface area (Å²) >= 11 is 0. The highest BCUT2D eigenvalue weighted by atomic mass is 32.2. The number of rotatable bonds is 6. The SMILES string of the molecule is COCC#Cc1ccc2c(c1)O[C@H](CN(C)C(=O)c1ccccc1F)[C@H](C)CN([C@H](C)CO)S2(=O)=O. The van der Waals surface area contributed by atoms with E-state index in [9.17, 15) is 22.7 Å². The molecule has 2 aromatic rings. The number of ether oxygens (including phenoxy) is 2. The minimum absolute atomic E-state index is 0.0555. The number of nitrogens with zero attached hydrogens (tertiary/aromatic N) is 2.